The summed E-state index contributed by atoms with van der Waals surface area (Å²) in [6.07, 6.45) is 6.45. The van der Waals surface area contributed by atoms with Crippen molar-refractivity contribution in [2.24, 2.45) is 11.5 Å². The number of aliphatic hydroxyl groups is 1. The number of nitrogens with one attached hydrogen (secondary N) is 2. The van der Waals surface area contributed by atoms with Crippen LogP contribution in [0, 0.1) is 13.8 Å². The van der Waals surface area contributed by atoms with E-state index >= 15 is 0 Å². The molecule has 0 atom stereocenters. The van der Waals surface area contributed by atoms with Gasteiger partial charge in [-0.05, 0) is 44.9 Å². The molecule has 0 spiro atoms. The third kappa shape index (κ3) is 8.22. The van der Waals surface area contributed by atoms with Gasteiger partial charge < -0.3 is 25.9 Å². The molecule has 6 rings (SSSR count). The molecule has 55 heavy (non-hydrogen) atoms. The first-order valence-electron chi connectivity index (χ1n) is 17.4. The van der Waals surface area contributed by atoms with Crippen LogP contribution in [-0.2, 0) is 25.9 Å². The molecule has 0 aliphatic rings. The number of hydrogen-bond acceptors (Lipinski definition) is 13. The number of thiazole rings is 2. The van der Waals surface area contributed by atoms with Gasteiger partial charge in [0.2, 0.25) is 23.7 Å². The normalized spacial score (nSPS) is 11.5. The van der Waals surface area contributed by atoms with Crippen LogP contribution in [0.2, 0.25) is 0 Å². The smallest absolute Gasteiger partial charge is 0.269 e. The Balaban J connectivity index is 1.38. The van der Waals surface area contributed by atoms with E-state index in [1.54, 1.807) is 9.13 Å². The second-order valence-corrected chi connectivity index (χ2v) is 14.7. The fraction of sp³-hybridized carbons (Fsp3) is 0.306. The van der Waals surface area contributed by atoms with E-state index in [4.69, 9.17) is 16.2 Å². The minimum Gasteiger partial charge on any atom is -0.491 e. The third-order valence-electron chi connectivity index (χ3n) is 8.40. The number of rotatable bonds is 16. The van der Waals surface area contributed by atoms with Gasteiger partial charge in [-0.3, -0.25) is 34.4 Å². The van der Waals surface area contributed by atoms with Gasteiger partial charge in [0.15, 0.2) is 5.65 Å². The highest BCUT2D eigenvalue weighted by Crippen LogP contribution is 2.32. The maximum atomic E-state index is 13.6. The Morgan fingerprint density at radius 3 is 1.91 bits per heavy atom. The predicted molar refractivity (Wildman–Crippen MR) is 209 cm³/mol. The summed E-state index contributed by atoms with van der Waals surface area (Å²) in [5, 5.41) is 16.7. The molecule has 0 saturated carbocycles. The molecule has 0 aliphatic heterocycles. The molecule has 19 heteroatoms. The molecule has 0 fully saturated rings. The number of carbonyl (C=O) groups is 4. The number of benzene rings is 1. The van der Waals surface area contributed by atoms with Crippen LogP contribution < -0.4 is 26.8 Å². The van der Waals surface area contributed by atoms with Gasteiger partial charge in [0.1, 0.15) is 26.5 Å². The van der Waals surface area contributed by atoms with E-state index in [1.165, 1.54) is 47.1 Å². The minimum atomic E-state index is -0.690. The van der Waals surface area contributed by atoms with Crippen molar-refractivity contribution in [3.05, 3.63) is 78.8 Å². The van der Waals surface area contributed by atoms with Crippen molar-refractivity contribution in [2.45, 2.75) is 60.0 Å². The SMILES string of the molecule is CCc1nc(C)sc1C(=O)Nc1nc2cc(C(N)=O)cnc2n1C/C=C/Cn1c(NC(=O)c2sc(C)nc2CC)nc2cc(C(N)=O)cc(OCCCO)c21. The highest BCUT2D eigenvalue weighted by Gasteiger charge is 2.23. The summed E-state index contributed by atoms with van der Waals surface area (Å²) in [6, 6.07) is 4.53. The van der Waals surface area contributed by atoms with Crippen LogP contribution in [0.5, 0.6) is 5.75 Å². The molecule has 0 radical (unpaired) electrons. The van der Waals surface area contributed by atoms with E-state index in [0.717, 1.165) is 10.0 Å². The first-order valence-corrected chi connectivity index (χ1v) is 19.0. The Labute approximate surface area is 322 Å². The van der Waals surface area contributed by atoms with E-state index in [9.17, 15) is 24.3 Å². The van der Waals surface area contributed by atoms with Gasteiger partial charge in [-0.15, -0.1) is 22.7 Å². The van der Waals surface area contributed by atoms with E-state index in [-0.39, 0.29) is 61.0 Å². The Bertz CT molecular complexity index is 2480. The average molecular weight is 786 g/mol. The number of nitrogens with zero attached hydrogens (tertiary/aromatic N) is 7. The van der Waals surface area contributed by atoms with Crippen molar-refractivity contribution in [2.75, 3.05) is 23.8 Å². The zero-order valence-electron chi connectivity index (χ0n) is 30.5. The van der Waals surface area contributed by atoms with Gasteiger partial charge >= 0.3 is 0 Å². The number of nitrogens with two attached hydrogens (primary N) is 2. The number of ether oxygens (including phenoxy) is 1. The van der Waals surface area contributed by atoms with Gasteiger partial charge in [-0.1, -0.05) is 26.0 Å². The quantitative estimate of drug-likeness (QED) is 0.0689. The van der Waals surface area contributed by atoms with E-state index in [0.29, 0.717) is 62.6 Å². The van der Waals surface area contributed by atoms with Gasteiger partial charge in [0.25, 0.3) is 11.8 Å². The van der Waals surface area contributed by atoms with E-state index < -0.39 is 17.7 Å². The number of allylic oxidation sites excluding steroid dienone is 2. The highest BCUT2D eigenvalue weighted by molar-refractivity contribution is 7.14. The second kappa shape index (κ2) is 16.5. The number of hydrogen-bond donors (Lipinski definition) is 5. The summed E-state index contributed by atoms with van der Waals surface area (Å²) in [4.78, 5) is 74.9. The van der Waals surface area contributed by atoms with Crippen molar-refractivity contribution in [1.82, 2.24) is 34.1 Å². The Kier molecular flexibility index (Phi) is 11.6. The molecule has 0 saturated heterocycles. The van der Waals surface area contributed by atoms with Crippen LogP contribution in [-0.4, -0.2) is 76.0 Å². The van der Waals surface area contributed by atoms with Crippen molar-refractivity contribution in [1.29, 1.82) is 0 Å². The molecule has 6 aromatic rings. The van der Waals surface area contributed by atoms with Gasteiger partial charge in [-0.25, -0.2) is 24.9 Å². The lowest BCUT2D eigenvalue weighted by atomic mass is 10.1. The summed E-state index contributed by atoms with van der Waals surface area (Å²) in [7, 11) is 0. The number of aryl methyl sites for hydroxylation is 4. The number of fused-ring (bicyclic) bond motifs is 2. The molecule has 5 aromatic heterocycles. The monoisotopic (exact) mass is 785 g/mol. The zero-order chi connectivity index (χ0) is 39.4. The number of amides is 4. The molecule has 0 aliphatic carbocycles. The van der Waals surface area contributed by atoms with Gasteiger partial charge in [-0.2, -0.15) is 0 Å². The van der Waals surface area contributed by atoms with Gasteiger partial charge in [0.05, 0.1) is 39.1 Å². The molecule has 17 nitrogen and oxygen atoms in total. The lowest BCUT2D eigenvalue weighted by molar-refractivity contribution is 0.0991. The van der Waals surface area contributed by atoms with Crippen LogP contribution in [0.4, 0.5) is 11.9 Å². The molecule has 1 aromatic carbocycles. The number of primary amides is 2. The molecule has 4 amide bonds. The first-order chi connectivity index (χ1) is 26.4. The van der Waals surface area contributed by atoms with Crippen molar-refractivity contribution < 1.29 is 29.0 Å². The summed E-state index contributed by atoms with van der Waals surface area (Å²) in [5.41, 5.74) is 14.4. The van der Waals surface area contributed by atoms with Crippen LogP contribution in [0.3, 0.4) is 0 Å². The Hall–Kier alpha value is -6.05. The fourth-order valence-electron chi connectivity index (χ4n) is 5.87. The maximum Gasteiger partial charge on any atom is 0.269 e. The summed E-state index contributed by atoms with van der Waals surface area (Å²) in [6.45, 7) is 7.88. The summed E-state index contributed by atoms with van der Waals surface area (Å²) < 4.78 is 9.42. The fourth-order valence-corrected chi connectivity index (χ4v) is 7.67. The number of pyridine rings is 1. The topological polar surface area (TPSA) is 248 Å². The number of anilines is 2. The molecule has 286 valence electrons. The standard InChI is InChI=1S/C36H39N11O6S2/c1-5-22-28(54-18(3)40-22)33(51)44-35-42-24-14-20(30(37)49)16-26(53-13-9-12-48)27(24)46(35)10-7-8-11-47-32-25(15-21(17-39-32)31(38)50)43-36(47)45-34(52)29-23(6-2)41-19(4)55-29/h7-8,14-17,48H,5-6,9-13H2,1-4H3,(H2,37,49)(H2,38,50)(H,42,44,51)(H,43,45,52)/b8-7+. The Morgan fingerprint density at radius 1 is 0.800 bits per heavy atom. The lowest BCUT2D eigenvalue weighted by Gasteiger charge is -2.12. The second-order valence-electron chi connectivity index (χ2n) is 12.3. The first kappa shape index (κ1) is 38.7. The molecule has 7 N–H and O–H groups in total. The molecule has 0 bridgehead atoms. The maximum absolute atomic E-state index is 13.6. The molecule has 0 unspecified atom stereocenters. The summed E-state index contributed by atoms with van der Waals surface area (Å²) in [5.74, 6) is -1.47. The molecular formula is C36H39N11O6S2. The van der Waals surface area contributed by atoms with Crippen molar-refractivity contribution in [3.63, 3.8) is 0 Å². The predicted octanol–water partition coefficient (Wildman–Crippen LogP) is 4.16. The average Bonchev–Trinajstić information content (AvgIpc) is 3.92. The van der Waals surface area contributed by atoms with E-state index in [1.807, 2.05) is 39.8 Å². The third-order valence-corrected chi connectivity index (χ3v) is 10.4. The van der Waals surface area contributed by atoms with Crippen LogP contribution in [0.25, 0.3) is 22.2 Å². The Morgan fingerprint density at radius 2 is 1.35 bits per heavy atom. The molecular weight excluding hydrogens is 747 g/mol. The number of aromatic nitrogens is 7. The van der Waals surface area contributed by atoms with E-state index in [2.05, 4.69) is 35.6 Å². The minimum absolute atomic E-state index is 0.107. The van der Waals surface area contributed by atoms with Crippen molar-refractivity contribution >= 4 is 80.4 Å². The number of carbonyl (C=O) groups excluding carboxylic acids is 4. The van der Waals surface area contributed by atoms with Gasteiger partial charge in [0, 0.05) is 37.9 Å². The number of aliphatic hydroxyl groups excluding tert-OH is 1. The largest absolute Gasteiger partial charge is 0.491 e. The molecule has 5 heterocycles. The van der Waals surface area contributed by atoms with Crippen LogP contribution in [0.1, 0.15) is 81.7 Å². The highest BCUT2D eigenvalue weighted by atomic mass is 32.1. The zero-order valence-corrected chi connectivity index (χ0v) is 32.1. The number of imidazole rings is 2. The lowest BCUT2D eigenvalue weighted by Crippen LogP contribution is -2.17. The van der Waals surface area contributed by atoms with Crippen LogP contribution >= 0.6 is 22.7 Å². The van der Waals surface area contributed by atoms with Crippen LogP contribution in [0.15, 0.2) is 36.5 Å². The summed E-state index contributed by atoms with van der Waals surface area (Å²) >= 11 is 2.56. The van der Waals surface area contributed by atoms with Crippen molar-refractivity contribution in [3.8, 4) is 5.75 Å².